The molecule has 1 aliphatic rings. The number of nitrogens with one attached hydrogen (secondary N) is 2. The molecule has 2 aromatic carbocycles. The van der Waals surface area contributed by atoms with E-state index < -0.39 is 0 Å². The summed E-state index contributed by atoms with van der Waals surface area (Å²) in [6.07, 6.45) is 4.02. The number of fused-ring (bicyclic) bond motifs is 1. The van der Waals surface area contributed by atoms with Gasteiger partial charge in [0.15, 0.2) is 5.65 Å². The molecule has 32 heavy (non-hydrogen) atoms. The summed E-state index contributed by atoms with van der Waals surface area (Å²) in [6, 6.07) is 14.4. The van der Waals surface area contributed by atoms with Gasteiger partial charge >= 0.3 is 0 Å². The largest absolute Gasteiger partial charge is 0.350 e. The molecular weight excluding hydrogens is 427 g/mol. The van der Waals surface area contributed by atoms with Gasteiger partial charge in [0, 0.05) is 24.2 Å². The van der Waals surface area contributed by atoms with E-state index in [-0.39, 0.29) is 5.82 Å². The molecule has 0 unspecified atom stereocenters. The molecule has 0 radical (unpaired) electrons. The van der Waals surface area contributed by atoms with Crippen LogP contribution >= 0.6 is 11.6 Å². The van der Waals surface area contributed by atoms with E-state index in [1.54, 1.807) is 18.3 Å². The van der Waals surface area contributed by atoms with Crippen LogP contribution in [0.4, 0.5) is 10.3 Å². The van der Waals surface area contributed by atoms with Gasteiger partial charge in [-0.2, -0.15) is 4.98 Å². The van der Waals surface area contributed by atoms with E-state index >= 15 is 0 Å². The summed E-state index contributed by atoms with van der Waals surface area (Å²) < 4.78 is 16.1. The van der Waals surface area contributed by atoms with Crippen molar-refractivity contribution in [1.29, 1.82) is 0 Å². The van der Waals surface area contributed by atoms with Crippen molar-refractivity contribution in [3.8, 4) is 11.4 Å². The third kappa shape index (κ3) is 4.31. The lowest BCUT2D eigenvalue weighted by molar-refractivity contribution is 0.341. The molecule has 1 aliphatic heterocycles. The van der Waals surface area contributed by atoms with E-state index in [1.165, 1.54) is 6.07 Å². The second kappa shape index (κ2) is 9.22. The standard InChI is InChI=1S/C24H24ClFN6/c25-19-9-3-2-8-18(19)22-30-21-14-29-24(28-13-17-7-1-4-10-20(17)26)31-23(21)32(22)15-16-6-5-11-27-12-16/h1-4,7-10,14,16,27H,5-6,11-13,15H2,(H,28,29,31)/t16-/m0/s1. The Morgan fingerprint density at radius 1 is 1.12 bits per heavy atom. The van der Waals surface area contributed by atoms with E-state index in [9.17, 15) is 4.39 Å². The van der Waals surface area contributed by atoms with Crippen LogP contribution in [0, 0.1) is 11.7 Å². The Labute approximate surface area is 190 Å². The average Bonchev–Trinajstić information content (AvgIpc) is 3.17. The molecule has 2 aromatic heterocycles. The number of hydrogen-bond acceptors (Lipinski definition) is 5. The average molecular weight is 451 g/mol. The number of nitrogens with zero attached hydrogens (tertiary/aromatic N) is 4. The van der Waals surface area contributed by atoms with E-state index in [2.05, 4.69) is 20.2 Å². The quantitative estimate of drug-likeness (QED) is 0.437. The van der Waals surface area contributed by atoms with Crippen LogP contribution in [0.25, 0.3) is 22.6 Å². The molecule has 1 saturated heterocycles. The van der Waals surface area contributed by atoms with Crippen LogP contribution in [0.3, 0.4) is 0 Å². The number of anilines is 1. The molecule has 0 bridgehead atoms. The predicted octanol–water partition coefficient (Wildman–Crippen LogP) is 4.90. The molecule has 5 rings (SSSR count). The highest BCUT2D eigenvalue weighted by Gasteiger charge is 2.21. The lowest BCUT2D eigenvalue weighted by atomic mass is 9.99. The maximum atomic E-state index is 14.0. The van der Waals surface area contributed by atoms with Gasteiger partial charge in [-0.15, -0.1) is 0 Å². The topological polar surface area (TPSA) is 67.7 Å². The fourth-order valence-electron chi connectivity index (χ4n) is 4.18. The van der Waals surface area contributed by atoms with Crippen LogP contribution in [0.1, 0.15) is 18.4 Å². The summed E-state index contributed by atoms with van der Waals surface area (Å²) >= 11 is 6.52. The van der Waals surface area contributed by atoms with Crippen LogP contribution < -0.4 is 10.6 Å². The first-order valence-corrected chi connectivity index (χ1v) is 11.2. The van der Waals surface area contributed by atoms with Gasteiger partial charge in [0.2, 0.25) is 5.95 Å². The van der Waals surface area contributed by atoms with Gasteiger partial charge < -0.3 is 15.2 Å². The molecule has 4 aromatic rings. The Bertz CT molecular complexity index is 1230. The minimum atomic E-state index is -0.253. The normalized spacial score (nSPS) is 16.4. The zero-order chi connectivity index (χ0) is 21.9. The van der Waals surface area contributed by atoms with Gasteiger partial charge in [-0.3, -0.25) is 0 Å². The number of piperidine rings is 1. The molecule has 0 spiro atoms. The van der Waals surface area contributed by atoms with Crippen molar-refractivity contribution in [3.63, 3.8) is 0 Å². The van der Waals surface area contributed by atoms with Gasteiger partial charge in [0.25, 0.3) is 0 Å². The molecular formula is C24H24ClFN6. The highest BCUT2D eigenvalue weighted by atomic mass is 35.5. The number of halogens is 2. The predicted molar refractivity (Wildman–Crippen MR) is 125 cm³/mol. The monoisotopic (exact) mass is 450 g/mol. The van der Waals surface area contributed by atoms with Crippen molar-refractivity contribution >= 4 is 28.7 Å². The maximum absolute atomic E-state index is 14.0. The summed E-state index contributed by atoms with van der Waals surface area (Å²) in [5, 5.41) is 7.27. The van der Waals surface area contributed by atoms with Crippen molar-refractivity contribution in [2.75, 3.05) is 18.4 Å². The lowest BCUT2D eigenvalue weighted by Crippen LogP contribution is -2.32. The highest BCUT2D eigenvalue weighted by molar-refractivity contribution is 6.33. The number of rotatable bonds is 6. The van der Waals surface area contributed by atoms with Crippen molar-refractivity contribution < 1.29 is 4.39 Å². The second-order valence-electron chi connectivity index (χ2n) is 8.09. The van der Waals surface area contributed by atoms with Crippen molar-refractivity contribution in [2.45, 2.75) is 25.9 Å². The number of hydrogen-bond donors (Lipinski definition) is 2. The Kier molecular flexibility index (Phi) is 6.01. The van der Waals surface area contributed by atoms with Crippen LogP contribution in [-0.2, 0) is 13.1 Å². The summed E-state index contributed by atoms with van der Waals surface area (Å²) in [5.74, 6) is 1.45. The summed E-state index contributed by atoms with van der Waals surface area (Å²) in [7, 11) is 0. The van der Waals surface area contributed by atoms with E-state index in [0.717, 1.165) is 49.5 Å². The first-order chi connectivity index (χ1) is 15.7. The lowest BCUT2D eigenvalue weighted by Gasteiger charge is -2.24. The Balaban J connectivity index is 1.52. The first-order valence-electron chi connectivity index (χ1n) is 10.8. The summed E-state index contributed by atoms with van der Waals surface area (Å²) in [4.78, 5) is 14.0. The first kappa shape index (κ1) is 20.8. The minimum Gasteiger partial charge on any atom is -0.350 e. The van der Waals surface area contributed by atoms with Gasteiger partial charge in [0.05, 0.1) is 11.2 Å². The third-order valence-electron chi connectivity index (χ3n) is 5.84. The van der Waals surface area contributed by atoms with Crippen molar-refractivity contribution in [2.24, 2.45) is 5.92 Å². The van der Waals surface area contributed by atoms with Crippen LogP contribution in [-0.4, -0.2) is 32.6 Å². The number of benzene rings is 2. The maximum Gasteiger partial charge on any atom is 0.225 e. The van der Waals surface area contributed by atoms with Crippen LogP contribution in [0.5, 0.6) is 0 Å². The van der Waals surface area contributed by atoms with Crippen molar-refractivity contribution in [3.05, 3.63) is 71.1 Å². The number of aromatic nitrogens is 4. The van der Waals surface area contributed by atoms with E-state index in [0.29, 0.717) is 34.5 Å². The Hall–Kier alpha value is -3.03. The zero-order valence-electron chi connectivity index (χ0n) is 17.6. The van der Waals surface area contributed by atoms with Gasteiger partial charge in [-0.1, -0.05) is 41.9 Å². The minimum absolute atomic E-state index is 0.253. The van der Waals surface area contributed by atoms with Crippen LogP contribution in [0.2, 0.25) is 5.02 Å². The van der Waals surface area contributed by atoms with E-state index in [1.807, 2.05) is 30.3 Å². The second-order valence-corrected chi connectivity index (χ2v) is 8.49. The van der Waals surface area contributed by atoms with E-state index in [4.69, 9.17) is 21.6 Å². The van der Waals surface area contributed by atoms with Crippen molar-refractivity contribution in [1.82, 2.24) is 24.8 Å². The SMILES string of the molecule is Fc1ccccc1CNc1ncc2nc(-c3ccccc3Cl)n(C[C@H]3CCCNC3)c2n1. The Morgan fingerprint density at radius 3 is 2.78 bits per heavy atom. The molecule has 164 valence electrons. The zero-order valence-corrected chi connectivity index (χ0v) is 18.3. The summed E-state index contributed by atoms with van der Waals surface area (Å²) in [6.45, 7) is 3.11. The molecule has 6 nitrogen and oxygen atoms in total. The summed E-state index contributed by atoms with van der Waals surface area (Å²) in [5.41, 5.74) is 2.89. The fourth-order valence-corrected chi connectivity index (χ4v) is 4.40. The molecule has 3 heterocycles. The third-order valence-corrected chi connectivity index (χ3v) is 6.17. The van der Waals surface area contributed by atoms with Gasteiger partial charge in [0.1, 0.15) is 17.2 Å². The molecule has 8 heteroatoms. The molecule has 1 atom stereocenters. The highest BCUT2D eigenvalue weighted by Crippen LogP contribution is 2.31. The Morgan fingerprint density at radius 2 is 1.97 bits per heavy atom. The molecule has 0 amide bonds. The molecule has 0 aliphatic carbocycles. The number of imidazole rings is 1. The van der Waals surface area contributed by atoms with Gasteiger partial charge in [-0.05, 0) is 50.0 Å². The fraction of sp³-hybridized carbons (Fsp3) is 0.292. The molecule has 1 fully saturated rings. The molecule has 0 saturated carbocycles. The van der Waals surface area contributed by atoms with Crippen LogP contribution in [0.15, 0.2) is 54.7 Å². The smallest absolute Gasteiger partial charge is 0.225 e. The molecule has 2 N–H and O–H groups in total. The van der Waals surface area contributed by atoms with Gasteiger partial charge in [-0.25, -0.2) is 14.4 Å².